The highest BCUT2D eigenvalue weighted by Crippen LogP contribution is 2.32. The molecule has 0 amide bonds. The molecule has 0 aliphatic heterocycles. The third-order valence-corrected chi connectivity index (χ3v) is 4.13. The molecule has 0 saturated carbocycles. The number of hydrogen-bond donors (Lipinski definition) is 1. The molecule has 3 nitrogen and oxygen atoms in total. The van der Waals surface area contributed by atoms with Gasteiger partial charge in [-0.3, -0.25) is 0 Å². The highest BCUT2D eigenvalue weighted by molar-refractivity contribution is 7.19. The number of benzene rings is 1. The van der Waals surface area contributed by atoms with Crippen LogP contribution < -0.4 is 0 Å². The van der Waals surface area contributed by atoms with Gasteiger partial charge in [-0.25, -0.2) is 4.79 Å². The minimum atomic E-state index is -1.10. The maximum absolute atomic E-state index is 11.3. The van der Waals surface area contributed by atoms with E-state index in [-0.39, 0.29) is 5.92 Å². The zero-order valence-corrected chi connectivity index (χ0v) is 10.5. The summed E-state index contributed by atoms with van der Waals surface area (Å²) in [6.07, 6.45) is -1.10. The Kier molecular flexibility index (Phi) is 3.45. The third kappa shape index (κ3) is 2.33. The van der Waals surface area contributed by atoms with Crippen LogP contribution in [0.4, 0.5) is 0 Å². The van der Waals surface area contributed by atoms with Crippen molar-refractivity contribution >= 4 is 27.4 Å². The summed E-state index contributed by atoms with van der Waals surface area (Å²) in [5, 5.41) is 10.9. The van der Waals surface area contributed by atoms with Crippen molar-refractivity contribution in [2.75, 3.05) is 7.11 Å². The van der Waals surface area contributed by atoms with E-state index in [0.29, 0.717) is 0 Å². The van der Waals surface area contributed by atoms with Gasteiger partial charge in [0, 0.05) is 15.5 Å². The van der Waals surface area contributed by atoms with Crippen LogP contribution in [-0.2, 0) is 9.53 Å². The van der Waals surface area contributed by atoms with Crippen molar-refractivity contribution in [2.24, 2.45) is 0 Å². The monoisotopic (exact) mass is 250 g/mol. The minimum absolute atomic E-state index is 0.250. The molecule has 90 valence electrons. The van der Waals surface area contributed by atoms with Crippen LogP contribution in [0.2, 0.25) is 0 Å². The predicted octanol–water partition coefficient (Wildman–Crippen LogP) is 2.54. The first kappa shape index (κ1) is 12.1. The fourth-order valence-electron chi connectivity index (χ4n) is 1.71. The number of aliphatic hydroxyl groups excluding tert-OH is 1. The Bertz CT molecular complexity index is 499. The average Bonchev–Trinajstić information content (AvgIpc) is 2.79. The summed E-state index contributed by atoms with van der Waals surface area (Å²) in [5.74, 6) is -0.838. The van der Waals surface area contributed by atoms with E-state index in [1.165, 1.54) is 7.11 Å². The number of hydrogen-bond acceptors (Lipinski definition) is 4. The second-order valence-corrected chi connectivity index (χ2v) is 5.06. The van der Waals surface area contributed by atoms with Gasteiger partial charge in [0.25, 0.3) is 0 Å². The lowest BCUT2D eigenvalue weighted by Gasteiger charge is -2.14. The molecule has 0 radical (unpaired) electrons. The van der Waals surface area contributed by atoms with Crippen LogP contribution in [0.15, 0.2) is 30.3 Å². The molecule has 2 rings (SSSR count). The Labute approximate surface area is 104 Å². The number of aliphatic hydroxyl groups is 1. The molecular weight excluding hydrogens is 236 g/mol. The van der Waals surface area contributed by atoms with Crippen LogP contribution in [0.3, 0.4) is 0 Å². The van der Waals surface area contributed by atoms with Gasteiger partial charge in [0.05, 0.1) is 7.11 Å². The molecule has 4 heteroatoms. The summed E-state index contributed by atoms with van der Waals surface area (Å²) < 4.78 is 5.70. The highest BCUT2D eigenvalue weighted by Gasteiger charge is 2.25. The Balaban J connectivity index is 2.30. The summed E-state index contributed by atoms with van der Waals surface area (Å²) >= 11 is 1.59. The van der Waals surface area contributed by atoms with Gasteiger partial charge in [0.15, 0.2) is 6.10 Å². The predicted molar refractivity (Wildman–Crippen MR) is 68.3 cm³/mol. The van der Waals surface area contributed by atoms with Crippen LogP contribution >= 0.6 is 11.3 Å². The van der Waals surface area contributed by atoms with E-state index >= 15 is 0 Å². The van der Waals surface area contributed by atoms with Crippen molar-refractivity contribution in [3.05, 3.63) is 35.2 Å². The molecule has 1 aromatic carbocycles. The van der Waals surface area contributed by atoms with Crippen LogP contribution in [0.1, 0.15) is 17.7 Å². The number of esters is 1. The van der Waals surface area contributed by atoms with Gasteiger partial charge in [-0.15, -0.1) is 11.3 Å². The van der Waals surface area contributed by atoms with Crippen LogP contribution in [0.5, 0.6) is 0 Å². The standard InChI is InChI=1S/C13H14O3S/c1-8(12(14)13(15)16-2)11-7-9-5-3-4-6-10(9)17-11/h3-8,12,14H,1-2H3. The molecule has 1 heterocycles. The summed E-state index contributed by atoms with van der Waals surface area (Å²) in [6, 6.07) is 10.0. The maximum Gasteiger partial charge on any atom is 0.335 e. The molecule has 0 aliphatic rings. The quantitative estimate of drug-likeness (QED) is 0.851. The van der Waals surface area contributed by atoms with Gasteiger partial charge in [-0.1, -0.05) is 25.1 Å². The van der Waals surface area contributed by atoms with E-state index in [1.54, 1.807) is 11.3 Å². The van der Waals surface area contributed by atoms with E-state index in [0.717, 1.165) is 15.0 Å². The van der Waals surface area contributed by atoms with Crippen molar-refractivity contribution in [3.8, 4) is 0 Å². The van der Waals surface area contributed by atoms with E-state index in [1.807, 2.05) is 37.3 Å². The van der Waals surface area contributed by atoms with Crippen molar-refractivity contribution in [1.82, 2.24) is 0 Å². The number of ether oxygens (including phenoxy) is 1. The summed E-state index contributed by atoms with van der Waals surface area (Å²) in [6.45, 7) is 1.83. The van der Waals surface area contributed by atoms with Gasteiger partial charge in [0.2, 0.25) is 0 Å². The maximum atomic E-state index is 11.3. The normalized spacial score (nSPS) is 14.5. The number of fused-ring (bicyclic) bond motifs is 1. The molecule has 2 aromatic rings. The van der Waals surface area contributed by atoms with Crippen molar-refractivity contribution in [1.29, 1.82) is 0 Å². The van der Waals surface area contributed by atoms with E-state index in [2.05, 4.69) is 4.74 Å². The van der Waals surface area contributed by atoms with Gasteiger partial charge in [-0.2, -0.15) is 0 Å². The number of carbonyl (C=O) groups excluding carboxylic acids is 1. The molecule has 2 unspecified atom stereocenters. The zero-order valence-electron chi connectivity index (χ0n) is 9.71. The largest absolute Gasteiger partial charge is 0.467 e. The van der Waals surface area contributed by atoms with E-state index in [9.17, 15) is 9.90 Å². The fourth-order valence-corrected chi connectivity index (χ4v) is 2.85. The Hall–Kier alpha value is -1.39. The highest BCUT2D eigenvalue weighted by atomic mass is 32.1. The number of rotatable bonds is 3. The number of methoxy groups -OCH3 is 1. The van der Waals surface area contributed by atoms with Gasteiger partial charge < -0.3 is 9.84 Å². The molecule has 2 atom stereocenters. The molecule has 0 bridgehead atoms. The SMILES string of the molecule is COC(=O)C(O)C(C)c1cc2ccccc2s1. The third-order valence-electron chi connectivity index (χ3n) is 2.81. The van der Waals surface area contributed by atoms with Crippen molar-refractivity contribution in [3.63, 3.8) is 0 Å². The van der Waals surface area contributed by atoms with Gasteiger partial charge >= 0.3 is 5.97 Å². The molecule has 0 spiro atoms. The minimum Gasteiger partial charge on any atom is -0.467 e. The Morgan fingerprint density at radius 2 is 2.12 bits per heavy atom. The topological polar surface area (TPSA) is 46.5 Å². The first-order valence-electron chi connectivity index (χ1n) is 5.38. The molecule has 0 saturated heterocycles. The number of thiophene rings is 1. The number of carbonyl (C=O) groups is 1. The molecular formula is C13H14O3S. The summed E-state index contributed by atoms with van der Waals surface area (Å²) in [5.41, 5.74) is 0. The Morgan fingerprint density at radius 3 is 2.76 bits per heavy atom. The molecule has 17 heavy (non-hydrogen) atoms. The molecule has 0 aliphatic carbocycles. The lowest BCUT2D eigenvalue weighted by molar-refractivity contribution is -0.151. The van der Waals surface area contributed by atoms with Crippen LogP contribution in [0, 0.1) is 0 Å². The lowest BCUT2D eigenvalue weighted by Crippen LogP contribution is -2.27. The lowest BCUT2D eigenvalue weighted by atomic mass is 10.0. The second-order valence-electron chi connectivity index (χ2n) is 3.94. The second kappa shape index (κ2) is 4.85. The molecule has 1 N–H and O–H groups in total. The summed E-state index contributed by atoms with van der Waals surface area (Å²) in [4.78, 5) is 12.3. The molecule has 0 fully saturated rings. The van der Waals surface area contributed by atoms with Crippen molar-refractivity contribution < 1.29 is 14.6 Å². The first-order chi connectivity index (χ1) is 8.13. The van der Waals surface area contributed by atoms with Crippen LogP contribution in [0.25, 0.3) is 10.1 Å². The zero-order chi connectivity index (χ0) is 12.4. The Morgan fingerprint density at radius 1 is 1.41 bits per heavy atom. The molecule has 1 aromatic heterocycles. The van der Waals surface area contributed by atoms with Crippen LogP contribution in [-0.4, -0.2) is 24.3 Å². The first-order valence-corrected chi connectivity index (χ1v) is 6.19. The van der Waals surface area contributed by atoms with E-state index < -0.39 is 12.1 Å². The fraction of sp³-hybridized carbons (Fsp3) is 0.308. The van der Waals surface area contributed by atoms with E-state index in [4.69, 9.17) is 0 Å². The van der Waals surface area contributed by atoms with Gasteiger partial charge in [0.1, 0.15) is 0 Å². The average molecular weight is 250 g/mol. The van der Waals surface area contributed by atoms with Gasteiger partial charge in [-0.05, 0) is 17.5 Å². The smallest absolute Gasteiger partial charge is 0.335 e. The van der Waals surface area contributed by atoms with Crippen molar-refractivity contribution in [2.45, 2.75) is 18.9 Å². The summed E-state index contributed by atoms with van der Waals surface area (Å²) in [7, 11) is 1.28.